The van der Waals surface area contributed by atoms with Gasteiger partial charge in [-0.15, -0.1) is 11.6 Å². The van der Waals surface area contributed by atoms with Gasteiger partial charge in [-0.05, 0) is 20.8 Å². The van der Waals surface area contributed by atoms with Crippen LogP contribution in [-0.2, 0) is 19.1 Å². The summed E-state index contributed by atoms with van der Waals surface area (Å²) in [7, 11) is 1.19. The van der Waals surface area contributed by atoms with E-state index in [-0.39, 0.29) is 12.3 Å². The Hall–Kier alpha value is -1.30. The van der Waals surface area contributed by atoms with Gasteiger partial charge in [-0.1, -0.05) is 0 Å². The van der Waals surface area contributed by atoms with E-state index in [1.54, 1.807) is 20.8 Å². The van der Waals surface area contributed by atoms with Crippen LogP contribution in [0, 0.1) is 0 Å². The van der Waals surface area contributed by atoms with Crippen LogP contribution in [0.4, 0.5) is 4.79 Å². The van der Waals surface area contributed by atoms with Crippen molar-refractivity contribution in [1.29, 1.82) is 0 Å². The van der Waals surface area contributed by atoms with Crippen molar-refractivity contribution in [3.05, 3.63) is 0 Å². The first kappa shape index (κ1) is 16.7. The van der Waals surface area contributed by atoms with Gasteiger partial charge >= 0.3 is 12.1 Å². The molecule has 0 aromatic rings. The third-order valence-corrected chi connectivity index (χ3v) is 2.07. The zero-order valence-corrected chi connectivity index (χ0v) is 11.7. The van der Waals surface area contributed by atoms with Gasteiger partial charge in [0.05, 0.1) is 19.4 Å². The third-order valence-electron chi connectivity index (χ3n) is 1.81. The fourth-order valence-electron chi connectivity index (χ4n) is 1.04. The van der Waals surface area contributed by atoms with E-state index >= 15 is 0 Å². The molecule has 0 saturated heterocycles. The molecule has 0 fully saturated rings. The SMILES string of the molecule is COC(=O)CC(NC(=O)OC(C)(C)C)C(=O)CCl. The maximum absolute atomic E-state index is 11.5. The van der Waals surface area contributed by atoms with Crippen LogP contribution >= 0.6 is 11.6 Å². The van der Waals surface area contributed by atoms with Gasteiger partial charge < -0.3 is 14.8 Å². The summed E-state index contributed by atoms with van der Waals surface area (Å²) in [5, 5.41) is 2.29. The summed E-state index contributed by atoms with van der Waals surface area (Å²) in [4.78, 5) is 34.0. The molecule has 0 bridgehead atoms. The lowest BCUT2D eigenvalue weighted by Crippen LogP contribution is -2.45. The van der Waals surface area contributed by atoms with Crippen LogP contribution in [0.15, 0.2) is 0 Å². The van der Waals surface area contributed by atoms with Crippen LogP contribution in [0.3, 0.4) is 0 Å². The van der Waals surface area contributed by atoms with Crippen molar-refractivity contribution in [3.8, 4) is 0 Å². The lowest BCUT2D eigenvalue weighted by atomic mass is 10.1. The van der Waals surface area contributed by atoms with Crippen LogP contribution < -0.4 is 5.32 Å². The minimum atomic E-state index is -1.04. The first-order valence-electron chi connectivity index (χ1n) is 5.34. The largest absolute Gasteiger partial charge is 0.469 e. The van der Waals surface area contributed by atoms with Crippen molar-refractivity contribution in [2.75, 3.05) is 13.0 Å². The first-order valence-corrected chi connectivity index (χ1v) is 5.88. The number of hydrogen-bond donors (Lipinski definition) is 1. The fraction of sp³-hybridized carbons (Fsp3) is 0.727. The maximum atomic E-state index is 11.5. The van der Waals surface area contributed by atoms with Crippen molar-refractivity contribution in [2.45, 2.75) is 38.8 Å². The molecule has 0 aliphatic carbocycles. The number of carbonyl (C=O) groups is 3. The van der Waals surface area contributed by atoms with Crippen LogP contribution in [0.1, 0.15) is 27.2 Å². The average molecular weight is 280 g/mol. The highest BCUT2D eigenvalue weighted by molar-refractivity contribution is 6.28. The highest BCUT2D eigenvalue weighted by Gasteiger charge is 2.26. The van der Waals surface area contributed by atoms with Crippen LogP contribution in [-0.4, -0.2) is 42.5 Å². The quantitative estimate of drug-likeness (QED) is 0.605. The van der Waals surface area contributed by atoms with Crippen LogP contribution in [0.2, 0.25) is 0 Å². The van der Waals surface area contributed by atoms with E-state index < -0.39 is 29.5 Å². The Labute approximate surface area is 111 Å². The second-order valence-electron chi connectivity index (χ2n) is 4.58. The van der Waals surface area contributed by atoms with Gasteiger partial charge in [-0.25, -0.2) is 4.79 Å². The predicted molar refractivity (Wildman–Crippen MR) is 65.5 cm³/mol. The summed E-state index contributed by atoms with van der Waals surface area (Å²) in [5.74, 6) is -1.40. The number of carbonyl (C=O) groups excluding carboxylic acids is 3. The Morgan fingerprint density at radius 3 is 2.22 bits per heavy atom. The Morgan fingerprint density at radius 2 is 1.83 bits per heavy atom. The smallest absolute Gasteiger partial charge is 0.408 e. The lowest BCUT2D eigenvalue weighted by Gasteiger charge is -2.22. The minimum Gasteiger partial charge on any atom is -0.469 e. The molecule has 18 heavy (non-hydrogen) atoms. The van der Waals surface area contributed by atoms with E-state index in [0.717, 1.165) is 0 Å². The zero-order valence-electron chi connectivity index (χ0n) is 10.9. The number of methoxy groups -OCH3 is 1. The van der Waals surface area contributed by atoms with E-state index in [4.69, 9.17) is 16.3 Å². The molecule has 0 rings (SSSR count). The summed E-state index contributed by atoms with van der Waals surface area (Å²) in [6.07, 6.45) is -1.06. The van der Waals surface area contributed by atoms with Crippen molar-refractivity contribution in [2.24, 2.45) is 0 Å². The Kier molecular flexibility index (Phi) is 6.68. The molecule has 1 N–H and O–H groups in total. The summed E-state index contributed by atoms with van der Waals surface area (Å²) < 4.78 is 9.41. The number of amides is 1. The monoisotopic (exact) mass is 279 g/mol. The molecule has 0 aliphatic rings. The molecule has 0 aromatic carbocycles. The van der Waals surface area contributed by atoms with Crippen LogP contribution in [0.5, 0.6) is 0 Å². The van der Waals surface area contributed by atoms with Crippen LogP contribution in [0.25, 0.3) is 0 Å². The van der Waals surface area contributed by atoms with Gasteiger partial charge in [0.25, 0.3) is 0 Å². The summed E-state index contributed by atoms with van der Waals surface area (Å²) in [6.45, 7) is 5.06. The molecule has 1 unspecified atom stereocenters. The molecule has 0 heterocycles. The van der Waals surface area contributed by atoms with Gasteiger partial charge in [0, 0.05) is 0 Å². The summed E-state index contributed by atoms with van der Waals surface area (Å²) in [5.41, 5.74) is -0.691. The van der Waals surface area contributed by atoms with E-state index in [1.165, 1.54) is 7.11 Å². The molecule has 1 atom stereocenters. The minimum absolute atomic E-state index is 0.276. The molecule has 0 aliphatic heterocycles. The number of rotatable bonds is 5. The second-order valence-corrected chi connectivity index (χ2v) is 4.85. The lowest BCUT2D eigenvalue weighted by molar-refractivity contribution is -0.142. The van der Waals surface area contributed by atoms with Crippen molar-refractivity contribution in [1.82, 2.24) is 5.32 Å². The van der Waals surface area contributed by atoms with Crippen molar-refractivity contribution >= 4 is 29.4 Å². The Balaban J connectivity index is 4.55. The number of halogens is 1. The highest BCUT2D eigenvalue weighted by Crippen LogP contribution is 2.08. The van der Waals surface area contributed by atoms with Gasteiger partial charge in [0.15, 0.2) is 5.78 Å². The molecule has 7 heteroatoms. The van der Waals surface area contributed by atoms with Gasteiger partial charge in [-0.3, -0.25) is 9.59 Å². The Bertz CT molecular complexity index is 324. The topological polar surface area (TPSA) is 81.7 Å². The van der Waals surface area contributed by atoms with E-state index in [2.05, 4.69) is 10.1 Å². The first-order chi connectivity index (χ1) is 8.19. The van der Waals surface area contributed by atoms with Gasteiger partial charge in [-0.2, -0.15) is 0 Å². The predicted octanol–water partition coefficient (Wildman–Crippen LogP) is 1.25. The molecule has 0 aromatic heterocycles. The number of alkyl carbamates (subject to hydrolysis) is 1. The average Bonchev–Trinajstić information content (AvgIpc) is 2.24. The fourth-order valence-corrected chi connectivity index (χ4v) is 1.22. The number of hydrogen-bond acceptors (Lipinski definition) is 5. The molecule has 104 valence electrons. The Morgan fingerprint density at radius 1 is 1.28 bits per heavy atom. The number of ketones is 1. The van der Waals surface area contributed by atoms with Crippen molar-refractivity contribution in [3.63, 3.8) is 0 Å². The van der Waals surface area contributed by atoms with E-state index in [9.17, 15) is 14.4 Å². The van der Waals surface area contributed by atoms with Gasteiger partial charge in [0.2, 0.25) is 0 Å². The standard InChI is InChI=1S/C11H18ClNO5/c1-11(2,3)18-10(16)13-7(8(14)6-12)5-9(15)17-4/h7H,5-6H2,1-4H3,(H,13,16). The summed E-state index contributed by atoms with van der Waals surface area (Å²) >= 11 is 5.40. The summed E-state index contributed by atoms with van der Waals surface area (Å²) in [6, 6.07) is -1.04. The molecular weight excluding hydrogens is 262 g/mol. The molecule has 0 saturated carbocycles. The third kappa shape index (κ3) is 7.11. The molecule has 0 spiro atoms. The van der Waals surface area contributed by atoms with Gasteiger partial charge in [0.1, 0.15) is 11.6 Å². The zero-order chi connectivity index (χ0) is 14.3. The van der Waals surface area contributed by atoms with E-state index in [0.29, 0.717) is 0 Å². The number of alkyl halides is 1. The molecular formula is C11H18ClNO5. The molecule has 0 radical (unpaired) electrons. The number of ether oxygens (including phenoxy) is 2. The highest BCUT2D eigenvalue weighted by atomic mass is 35.5. The maximum Gasteiger partial charge on any atom is 0.408 e. The normalized spacial score (nSPS) is 12.5. The number of nitrogens with one attached hydrogen (secondary N) is 1. The second kappa shape index (κ2) is 7.20. The molecule has 1 amide bonds. The number of esters is 1. The van der Waals surface area contributed by atoms with E-state index in [1.807, 2.05) is 0 Å². The number of Topliss-reactive ketones (excluding diaryl/α,β-unsaturated/α-hetero) is 1. The van der Waals surface area contributed by atoms with Crippen molar-refractivity contribution < 1.29 is 23.9 Å². The molecule has 6 nitrogen and oxygen atoms in total.